The molecule has 0 spiro atoms. The van der Waals surface area contributed by atoms with Crippen molar-refractivity contribution < 1.29 is 14.6 Å². The molecule has 1 aromatic heterocycles. The number of aliphatic hydroxyl groups excluding tert-OH is 1. The maximum absolute atomic E-state index is 12.2. The van der Waals surface area contributed by atoms with Gasteiger partial charge < -0.3 is 20.1 Å². The largest absolute Gasteiger partial charge is 0.444 e. The molecular weight excluding hydrogens is 346 g/mol. The van der Waals surface area contributed by atoms with Gasteiger partial charge in [-0.1, -0.05) is 25.1 Å². The number of para-hydroxylation sites is 1. The standard InChI is InChI=1S/C19H27N5O3/c1-5-15-20-17(22-24(15)13-9-7-6-8-10-13)21-16(25)14-11-12-23(14)18(26)27-19(2,3)4/h6-10,14,16,25H,5,11-12H2,1-4H3,(H,21,22)/t14-,16?/m0/s1. The monoisotopic (exact) mass is 373 g/mol. The van der Waals surface area contributed by atoms with E-state index in [1.807, 2.05) is 58.0 Å². The van der Waals surface area contributed by atoms with Gasteiger partial charge in [0.2, 0.25) is 5.95 Å². The van der Waals surface area contributed by atoms with E-state index in [1.165, 1.54) is 4.90 Å². The molecule has 27 heavy (non-hydrogen) atoms. The van der Waals surface area contributed by atoms with Crippen LogP contribution in [0.25, 0.3) is 5.69 Å². The minimum atomic E-state index is -0.970. The lowest BCUT2D eigenvalue weighted by molar-refractivity contribution is -0.0335. The first-order valence-corrected chi connectivity index (χ1v) is 9.24. The van der Waals surface area contributed by atoms with Crippen molar-refractivity contribution in [3.05, 3.63) is 36.2 Å². The number of likely N-dealkylation sites (tertiary alicyclic amines) is 1. The zero-order chi connectivity index (χ0) is 19.6. The van der Waals surface area contributed by atoms with Gasteiger partial charge in [-0.05, 0) is 39.3 Å². The summed E-state index contributed by atoms with van der Waals surface area (Å²) in [6.45, 7) is 8.02. The molecule has 1 fully saturated rings. The Morgan fingerprint density at radius 2 is 2.07 bits per heavy atom. The summed E-state index contributed by atoms with van der Waals surface area (Å²) in [6.07, 6.45) is -0.000158. The van der Waals surface area contributed by atoms with Crippen LogP contribution >= 0.6 is 0 Å². The van der Waals surface area contributed by atoms with Crippen molar-refractivity contribution in [1.82, 2.24) is 19.7 Å². The van der Waals surface area contributed by atoms with Gasteiger partial charge in [-0.3, -0.25) is 0 Å². The Labute approximate surface area is 159 Å². The van der Waals surface area contributed by atoms with Crippen LogP contribution in [0, 0.1) is 0 Å². The lowest BCUT2D eigenvalue weighted by atomic mass is 10.0. The Morgan fingerprint density at radius 3 is 2.63 bits per heavy atom. The number of aryl methyl sites for hydroxylation is 1. The van der Waals surface area contributed by atoms with Crippen molar-refractivity contribution in [2.45, 2.75) is 58.4 Å². The first-order valence-electron chi connectivity index (χ1n) is 9.24. The lowest BCUT2D eigenvalue weighted by Crippen LogP contribution is -2.59. The van der Waals surface area contributed by atoms with Gasteiger partial charge in [-0.2, -0.15) is 4.98 Å². The average Bonchev–Trinajstić information content (AvgIpc) is 2.95. The first kappa shape index (κ1) is 19.2. The maximum Gasteiger partial charge on any atom is 0.410 e. The fourth-order valence-electron chi connectivity index (χ4n) is 2.92. The van der Waals surface area contributed by atoms with E-state index in [-0.39, 0.29) is 6.04 Å². The van der Waals surface area contributed by atoms with E-state index in [0.717, 1.165) is 11.5 Å². The maximum atomic E-state index is 12.2. The highest BCUT2D eigenvalue weighted by atomic mass is 16.6. The van der Waals surface area contributed by atoms with Crippen LogP contribution in [0.2, 0.25) is 0 Å². The van der Waals surface area contributed by atoms with E-state index in [0.29, 0.717) is 25.3 Å². The number of rotatable bonds is 5. The summed E-state index contributed by atoms with van der Waals surface area (Å²) in [5.74, 6) is 1.12. The number of carbonyl (C=O) groups is 1. The minimum absolute atomic E-state index is 0.333. The Morgan fingerprint density at radius 1 is 1.37 bits per heavy atom. The van der Waals surface area contributed by atoms with Crippen molar-refractivity contribution in [3.8, 4) is 5.69 Å². The number of anilines is 1. The number of amides is 1. The van der Waals surface area contributed by atoms with Crippen LogP contribution in [0.3, 0.4) is 0 Å². The van der Waals surface area contributed by atoms with Crippen LogP contribution in [0.1, 0.15) is 39.9 Å². The third kappa shape index (κ3) is 4.39. The van der Waals surface area contributed by atoms with Gasteiger partial charge in [0.1, 0.15) is 17.7 Å². The van der Waals surface area contributed by atoms with Gasteiger partial charge in [0.15, 0.2) is 0 Å². The molecule has 1 aromatic carbocycles. The predicted molar refractivity (Wildman–Crippen MR) is 102 cm³/mol. The van der Waals surface area contributed by atoms with Crippen molar-refractivity contribution in [2.24, 2.45) is 0 Å². The second-order valence-electron chi connectivity index (χ2n) is 7.57. The Kier molecular flexibility index (Phi) is 5.36. The number of hydrogen-bond donors (Lipinski definition) is 2. The number of aromatic nitrogens is 3. The molecule has 1 amide bonds. The molecule has 1 unspecified atom stereocenters. The molecule has 2 atom stereocenters. The van der Waals surface area contributed by atoms with Crippen LogP contribution in [0.15, 0.2) is 30.3 Å². The van der Waals surface area contributed by atoms with Crippen molar-refractivity contribution in [2.75, 3.05) is 11.9 Å². The number of hydrogen-bond acceptors (Lipinski definition) is 6. The number of benzene rings is 1. The highest BCUT2D eigenvalue weighted by Gasteiger charge is 2.40. The van der Waals surface area contributed by atoms with Gasteiger partial charge in [-0.25, -0.2) is 9.48 Å². The van der Waals surface area contributed by atoms with Crippen LogP contribution in [0.5, 0.6) is 0 Å². The zero-order valence-corrected chi connectivity index (χ0v) is 16.2. The van der Waals surface area contributed by atoms with Crippen molar-refractivity contribution in [3.63, 3.8) is 0 Å². The van der Waals surface area contributed by atoms with Gasteiger partial charge in [0.25, 0.3) is 0 Å². The minimum Gasteiger partial charge on any atom is -0.444 e. The van der Waals surface area contributed by atoms with Gasteiger partial charge >= 0.3 is 6.09 Å². The van der Waals surface area contributed by atoms with E-state index in [9.17, 15) is 9.90 Å². The zero-order valence-electron chi connectivity index (χ0n) is 16.2. The number of ether oxygens (including phenoxy) is 1. The van der Waals surface area contributed by atoms with Crippen LogP contribution in [0.4, 0.5) is 10.7 Å². The highest BCUT2D eigenvalue weighted by Crippen LogP contribution is 2.24. The van der Waals surface area contributed by atoms with Crippen LogP contribution in [-0.4, -0.2) is 55.3 Å². The molecule has 0 bridgehead atoms. The molecule has 2 N–H and O–H groups in total. The lowest BCUT2D eigenvalue weighted by Gasteiger charge is -2.43. The van der Waals surface area contributed by atoms with E-state index in [1.54, 1.807) is 4.68 Å². The smallest absolute Gasteiger partial charge is 0.410 e. The molecule has 0 saturated carbocycles. The fourth-order valence-corrected chi connectivity index (χ4v) is 2.92. The van der Waals surface area contributed by atoms with Gasteiger partial charge in [-0.15, -0.1) is 5.10 Å². The normalized spacial score (nSPS) is 18.0. The summed E-state index contributed by atoms with van der Waals surface area (Å²) in [4.78, 5) is 18.2. The fraction of sp³-hybridized carbons (Fsp3) is 0.526. The molecule has 1 saturated heterocycles. The summed E-state index contributed by atoms with van der Waals surface area (Å²) < 4.78 is 7.13. The topological polar surface area (TPSA) is 92.5 Å². The SMILES string of the molecule is CCc1nc(NC(O)[C@@H]2CCN2C(=O)OC(C)(C)C)nn1-c1ccccc1. The molecular formula is C19H27N5O3. The Hall–Kier alpha value is -2.61. The molecule has 1 aliphatic rings. The molecule has 2 aromatic rings. The number of aliphatic hydroxyl groups is 1. The molecule has 3 rings (SSSR count). The number of carbonyl (C=O) groups excluding carboxylic acids is 1. The third-order valence-electron chi connectivity index (χ3n) is 4.33. The van der Waals surface area contributed by atoms with E-state index < -0.39 is 17.9 Å². The van der Waals surface area contributed by atoms with E-state index in [2.05, 4.69) is 15.4 Å². The van der Waals surface area contributed by atoms with Crippen LogP contribution in [-0.2, 0) is 11.2 Å². The summed E-state index contributed by atoms with van der Waals surface area (Å²) in [5, 5.41) is 17.9. The summed E-state index contributed by atoms with van der Waals surface area (Å²) in [5.41, 5.74) is 0.338. The molecule has 0 aliphatic carbocycles. The van der Waals surface area contributed by atoms with E-state index in [4.69, 9.17) is 4.74 Å². The van der Waals surface area contributed by atoms with Gasteiger partial charge in [0.05, 0.1) is 11.7 Å². The van der Waals surface area contributed by atoms with Crippen molar-refractivity contribution in [1.29, 1.82) is 0 Å². The first-order chi connectivity index (χ1) is 12.8. The Bertz CT molecular complexity index is 784. The second kappa shape index (κ2) is 7.56. The van der Waals surface area contributed by atoms with Crippen LogP contribution < -0.4 is 5.32 Å². The van der Waals surface area contributed by atoms with Crippen molar-refractivity contribution >= 4 is 12.0 Å². The second-order valence-corrected chi connectivity index (χ2v) is 7.57. The molecule has 1 aliphatic heterocycles. The Balaban J connectivity index is 1.69. The number of nitrogens with zero attached hydrogens (tertiary/aromatic N) is 4. The van der Waals surface area contributed by atoms with E-state index >= 15 is 0 Å². The quantitative estimate of drug-likeness (QED) is 0.783. The molecule has 8 nitrogen and oxygen atoms in total. The molecule has 8 heteroatoms. The summed E-state index contributed by atoms with van der Waals surface area (Å²) >= 11 is 0. The van der Waals surface area contributed by atoms with Gasteiger partial charge in [0, 0.05) is 13.0 Å². The molecule has 146 valence electrons. The average molecular weight is 373 g/mol. The number of nitrogens with one attached hydrogen (secondary N) is 1. The predicted octanol–water partition coefficient (Wildman–Crippen LogP) is 2.57. The third-order valence-corrected chi connectivity index (χ3v) is 4.33. The summed E-state index contributed by atoms with van der Waals surface area (Å²) in [6, 6.07) is 9.34. The highest BCUT2D eigenvalue weighted by molar-refractivity contribution is 5.69. The molecule has 2 heterocycles. The molecule has 0 radical (unpaired) electrons. The summed E-state index contributed by atoms with van der Waals surface area (Å²) in [7, 11) is 0.